The summed E-state index contributed by atoms with van der Waals surface area (Å²) in [7, 11) is -3.81. The van der Waals surface area contributed by atoms with E-state index in [0.29, 0.717) is 37.9 Å². The van der Waals surface area contributed by atoms with E-state index in [1.54, 1.807) is 31.2 Å². The van der Waals surface area contributed by atoms with Gasteiger partial charge in [-0.1, -0.05) is 18.2 Å². The van der Waals surface area contributed by atoms with Crippen molar-refractivity contribution in [3.05, 3.63) is 59.7 Å². The molecule has 0 aliphatic carbocycles. The van der Waals surface area contributed by atoms with Gasteiger partial charge in [0.2, 0.25) is 10.0 Å². The summed E-state index contributed by atoms with van der Waals surface area (Å²) < 4.78 is 38.0. The minimum absolute atomic E-state index is 0.0615. The summed E-state index contributed by atoms with van der Waals surface area (Å²) in [5, 5.41) is 9.40. The van der Waals surface area contributed by atoms with Gasteiger partial charge in [-0.15, -0.1) is 0 Å². The Morgan fingerprint density at radius 3 is 2.41 bits per heavy atom. The molecule has 0 unspecified atom stereocenters. The number of ether oxygens (including phenoxy) is 2. The van der Waals surface area contributed by atoms with Gasteiger partial charge in [0, 0.05) is 13.1 Å². The Labute approximate surface area is 187 Å². The highest BCUT2D eigenvalue weighted by Crippen LogP contribution is 2.28. The topological polar surface area (TPSA) is 110 Å². The average molecular weight is 462 g/mol. The van der Waals surface area contributed by atoms with Crippen LogP contribution in [0.5, 0.6) is 5.75 Å². The van der Waals surface area contributed by atoms with Gasteiger partial charge in [-0.3, -0.25) is 0 Å². The third kappa shape index (κ3) is 5.66. The minimum Gasteiger partial charge on any atom is -0.493 e. The lowest BCUT2D eigenvalue weighted by Gasteiger charge is -2.31. The summed E-state index contributed by atoms with van der Waals surface area (Å²) in [5.41, 5.74) is 0.326. The monoisotopic (exact) mass is 461 g/mol. The Bertz CT molecular complexity index is 1050. The molecule has 3 rings (SSSR count). The molecule has 0 spiro atoms. The number of hydrogen-bond acceptors (Lipinski definition) is 6. The van der Waals surface area contributed by atoms with Gasteiger partial charge in [-0.05, 0) is 62.4 Å². The van der Waals surface area contributed by atoms with Crippen molar-refractivity contribution in [2.24, 2.45) is 5.92 Å². The van der Waals surface area contributed by atoms with Crippen molar-refractivity contribution < 1.29 is 32.6 Å². The van der Waals surface area contributed by atoms with Crippen molar-refractivity contribution >= 4 is 22.0 Å². The van der Waals surface area contributed by atoms with Crippen molar-refractivity contribution in [2.45, 2.75) is 31.1 Å². The number of carboxylic acid groups (broad SMARTS) is 1. The van der Waals surface area contributed by atoms with Gasteiger partial charge in [0.25, 0.3) is 0 Å². The number of rotatable bonds is 9. The quantitative estimate of drug-likeness (QED) is 0.570. The van der Waals surface area contributed by atoms with Crippen LogP contribution in [0.3, 0.4) is 0 Å². The molecule has 172 valence electrons. The van der Waals surface area contributed by atoms with Crippen LogP contribution in [0.4, 0.5) is 0 Å². The zero-order valence-electron chi connectivity index (χ0n) is 17.9. The molecule has 0 saturated carbocycles. The first-order chi connectivity index (χ1) is 15.3. The van der Waals surface area contributed by atoms with Crippen molar-refractivity contribution in [1.82, 2.24) is 4.31 Å². The van der Waals surface area contributed by atoms with Crippen LogP contribution in [0.1, 0.15) is 46.9 Å². The highest BCUT2D eigenvalue weighted by molar-refractivity contribution is 7.89. The molecule has 0 aromatic heterocycles. The molecule has 0 bridgehead atoms. The number of carbonyl (C=O) groups is 2. The van der Waals surface area contributed by atoms with E-state index >= 15 is 0 Å². The van der Waals surface area contributed by atoms with Crippen LogP contribution in [-0.4, -0.2) is 56.1 Å². The summed E-state index contributed by atoms with van der Waals surface area (Å²) >= 11 is 0. The largest absolute Gasteiger partial charge is 0.493 e. The first-order valence-electron chi connectivity index (χ1n) is 10.6. The third-order valence-electron chi connectivity index (χ3n) is 5.46. The molecule has 32 heavy (non-hydrogen) atoms. The number of nitrogens with zero attached hydrogens (tertiary/aromatic N) is 1. The van der Waals surface area contributed by atoms with Gasteiger partial charge in [-0.2, -0.15) is 4.31 Å². The fraction of sp³-hybridized carbons (Fsp3) is 0.391. The zero-order valence-corrected chi connectivity index (χ0v) is 18.7. The van der Waals surface area contributed by atoms with Crippen LogP contribution in [0.2, 0.25) is 0 Å². The smallest absolute Gasteiger partial charge is 0.339 e. The standard InChI is InChI=1S/C23H27NO7S/c1-2-30-21-9-8-19(16-20(21)22(25)26)32(28,29)24-13-10-17(11-14-24)12-15-31-23(27)18-6-4-3-5-7-18/h3-9,16-17H,2,10-15H2,1H3,(H,25,26). The molecule has 1 aliphatic heterocycles. The SMILES string of the molecule is CCOc1ccc(S(=O)(=O)N2CCC(CCOC(=O)c3ccccc3)CC2)cc1C(=O)O. The fourth-order valence-corrected chi connectivity index (χ4v) is 5.18. The van der Waals surface area contributed by atoms with Gasteiger partial charge in [-0.25, -0.2) is 18.0 Å². The number of carbonyl (C=O) groups excluding carboxylic acids is 1. The maximum absolute atomic E-state index is 13.0. The summed E-state index contributed by atoms with van der Waals surface area (Å²) in [5.74, 6) is -1.22. The summed E-state index contributed by atoms with van der Waals surface area (Å²) in [6, 6.07) is 12.7. The van der Waals surface area contributed by atoms with Gasteiger partial charge >= 0.3 is 11.9 Å². The van der Waals surface area contributed by atoms with Gasteiger partial charge in [0.1, 0.15) is 11.3 Å². The Morgan fingerprint density at radius 1 is 1.09 bits per heavy atom. The number of esters is 1. The summed E-state index contributed by atoms with van der Waals surface area (Å²) in [4.78, 5) is 23.5. The van der Waals surface area contributed by atoms with Crippen LogP contribution in [0.15, 0.2) is 53.4 Å². The van der Waals surface area contributed by atoms with Crippen molar-refractivity contribution in [1.29, 1.82) is 0 Å². The molecule has 1 aliphatic rings. The third-order valence-corrected chi connectivity index (χ3v) is 7.36. The Balaban J connectivity index is 1.55. The predicted molar refractivity (Wildman–Crippen MR) is 117 cm³/mol. The second-order valence-corrected chi connectivity index (χ2v) is 9.47. The lowest BCUT2D eigenvalue weighted by molar-refractivity contribution is 0.0471. The molecular weight excluding hydrogens is 434 g/mol. The molecule has 1 saturated heterocycles. The Morgan fingerprint density at radius 2 is 1.78 bits per heavy atom. The zero-order chi connectivity index (χ0) is 23.1. The number of carboxylic acids is 1. The second kappa shape index (κ2) is 10.6. The maximum Gasteiger partial charge on any atom is 0.339 e. The lowest BCUT2D eigenvalue weighted by atomic mass is 9.95. The van der Waals surface area contributed by atoms with E-state index in [1.165, 1.54) is 16.4 Å². The van der Waals surface area contributed by atoms with Crippen LogP contribution >= 0.6 is 0 Å². The normalized spacial score (nSPS) is 15.3. The molecule has 8 nitrogen and oxygen atoms in total. The van der Waals surface area contributed by atoms with Crippen LogP contribution in [0, 0.1) is 5.92 Å². The molecule has 9 heteroatoms. The van der Waals surface area contributed by atoms with Crippen LogP contribution in [-0.2, 0) is 14.8 Å². The predicted octanol–water partition coefficient (Wildman–Crippen LogP) is 3.43. The molecule has 0 radical (unpaired) electrons. The van der Waals surface area contributed by atoms with Crippen molar-refractivity contribution in [2.75, 3.05) is 26.3 Å². The Kier molecular flexibility index (Phi) is 7.87. The van der Waals surface area contributed by atoms with Crippen LogP contribution < -0.4 is 4.74 Å². The fourth-order valence-electron chi connectivity index (χ4n) is 3.68. The molecular formula is C23H27NO7S. The van der Waals surface area contributed by atoms with E-state index in [1.807, 2.05) is 6.07 Å². The summed E-state index contributed by atoms with van der Waals surface area (Å²) in [6.07, 6.45) is 1.95. The average Bonchev–Trinajstić information content (AvgIpc) is 2.80. The molecule has 2 aromatic rings. The number of sulfonamides is 1. The molecule has 1 heterocycles. The van der Waals surface area contributed by atoms with Crippen molar-refractivity contribution in [3.8, 4) is 5.75 Å². The molecule has 2 aromatic carbocycles. The highest BCUT2D eigenvalue weighted by Gasteiger charge is 2.30. The van der Waals surface area contributed by atoms with Crippen LogP contribution in [0.25, 0.3) is 0 Å². The second-order valence-electron chi connectivity index (χ2n) is 7.53. The Hall–Kier alpha value is -2.91. The lowest BCUT2D eigenvalue weighted by Crippen LogP contribution is -2.38. The van der Waals surface area contributed by atoms with E-state index < -0.39 is 16.0 Å². The van der Waals surface area contributed by atoms with E-state index in [4.69, 9.17) is 9.47 Å². The first-order valence-corrected chi connectivity index (χ1v) is 12.0. The van der Waals surface area contributed by atoms with E-state index in [9.17, 15) is 23.1 Å². The van der Waals surface area contributed by atoms with Gasteiger partial charge < -0.3 is 14.6 Å². The van der Waals surface area contributed by atoms with E-state index in [0.717, 1.165) is 6.07 Å². The van der Waals surface area contributed by atoms with E-state index in [-0.39, 0.29) is 41.3 Å². The maximum atomic E-state index is 13.0. The first kappa shape index (κ1) is 23.7. The minimum atomic E-state index is -3.81. The number of piperidine rings is 1. The van der Waals surface area contributed by atoms with Crippen molar-refractivity contribution in [3.63, 3.8) is 0 Å². The molecule has 0 amide bonds. The number of benzene rings is 2. The number of aromatic carboxylic acids is 1. The summed E-state index contributed by atoms with van der Waals surface area (Å²) in [6.45, 7) is 2.94. The van der Waals surface area contributed by atoms with E-state index in [2.05, 4.69) is 0 Å². The number of hydrogen-bond donors (Lipinski definition) is 1. The van der Waals surface area contributed by atoms with Gasteiger partial charge in [0.05, 0.1) is 23.7 Å². The van der Waals surface area contributed by atoms with Gasteiger partial charge in [0.15, 0.2) is 0 Å². The highest BCUT2D eigenvalue weighted by atomic mass is 32.2. The molecule has 1 fully saturated rings. The molecule has 0 atom stereocenters. The molecule has 1 N–H and O–H groups in total.